The van der Waals surface area contributed by atoms with Gasteiger partial charge in [0, 0.05) is 31.7 Å². The fourth-order valence-electron chi connectivity index (χ4n) is 1.83. The molecule has 3 heteroatoms. The SMILES string of the molecule is CC1CN(CC(C)(C)CO)CC1O. The van der Waals surface area contributed by atoms with Gasteiger partial charge in [0.1, 0.15) is 0 Å². The van der Waals surface area contributed by atoms with Gasteiger partial charge >= 0.3 is 0 Å². The lowest BCUT2D eigenvalue weighted by Crippen LogP contribution is -2.35. The molecule has 0 aromatic carbocycles. The zero-order chi connectivity index (χ0) is 10.1. The summed E-state index contributed by atoms with van der Waals surface area (Å²) in [4.78, 5) is 2.23. The summed E-state index contributed by atoms with van der Waals surface area (Å²) in [6, 6.07) is 0. The zero-order valence-corrected chi connectivity index (χ0v) is 8.82. The van der Waals surface area contributed by atoms with E-state index in [-0.39, 0.29) is 18.1 Å². The fraction of sp³-hybridized carbons (Fsp3) is 1.00. The minimum absolute atomic E-state index is 0.0518. The van der Waals surface area contributed by atoms with Gasteiger partial charge in [-0.1, -0.05) is 20.8 Å². The van der Waals surface area contributed by atoms with E-state index in [9.17, 15) is 5.11 Å². The van der Waals surface area contributed by atoms with Crippen LogP contribution in [0.1, 0.15) is 20.8 Å². The molecule has 1 saturated heterocycles. The van der Waals surface area contributed by atoms with Crippen LogP contribution in [-0.4, -0.2) is 47.5 Å². The second-order valence-electron chi connectivity index (χ2n) is 5.06. The van der Waals surface area contributed by atoms with E-state index in [1.165, 1.54) is 0 Å². The number of hydrogen-bond acceptors (Lipinski definition) is 3. The number of aliphatic hydroxyl groups excluding tert-OH is 2. The monoisotopic (exact) mass is 187 g/mol. The van der Waals surface area contributed by atoms with Gasteiger partial charge in [0.2, 0.25) is 0 Å². The van der Waals surface area contributed by atoms with Gasteiger partial charge in [-0.05, 0) is 5.92 Å². The Kier molecular flexibility index (Phi) is 3.33. The number of likely N-dealkylation sites (tertiary alicyclic amines) is 1. The summed E-state index contributed by atoms with van der Waals surface area (Å²) in [5.41, 5.74) is -0.0518. The molecule has 0 amide bonds. The summed E-state index contributed by atoms with van der Waals surface area (Å²) in [5.74, 6) is 0.370. The molecule has 1 rings (SSSR count). The van der Waals surface area contributed by atoms with Gasteiger partial charge in [-0.15, -0.1) is 0 Å². The van der Waals surface area contributed by atoms with Crippen molar-refractivity contribution in [2.45, 2.75) is 26.9 Å². The highest BCUT2D eigenvalue weighted by molar-refractivity contribution is 4.84. The summed E-state index contributed by atoms with van der Waals surface area (Å²) in [6.45, 7) is 8.93. The third kappa shape index (κ3) is 2.93. The molecule has 3 nitrogen and oxygen atoms in total. The van der Waals surface area contributed by atoms with Crippen molar-refractivity contribution >= 4 is 0 Å². The second kappa shape index (κ2) is 3.95. The van der Waals surface area contributed by atoms with E-state index in [2.05, 4.69) is 11.8 Å². The van der Waals surface area contributed by atoms with Gasteiger partial charge in [0.05, 0.1) is 6.10 Å². The molecular weight excluding hydrogens is 166 g/mol. The van der Waals surface area contributed by atoms with Crippen molar-refractivity contribution in [3.05, 3.63) is 0 Å². The van der Waals surface area contributed by atoms with Gasteiger partial charge in [-0.3, -0.25) is 4.90 Å². The van der Waals surface area contributed by atoms with Crippen molar-refractivity contribution < 1.29 is 10.2 Å². The summed E-state index contributed by atoms with van der Waals surface area (Å²) in [5, 5.41) is 18.6. The molecule has 1 aliphatic rings. The molecule has 13 heavy (non-hydrogen) atoms. The summed E-state index contributed by atoms with van der Waals surface area (Å²) >= 11 is 0. The van der Waals surface area contributed by atoms with Crippen LogP contribution >= 0.6 is 0 Å². The maximum Gasteiger partial charge on any atom is 0.0704 e. The van der Waals surface area contributed by atoms with Crippen LogP contribution in [0.5, 0.6) is 0 Å². The van der Waals surface area contributed by atoms with E-state index < -0.39 is 0 Å². The van der Waals surface area contributed by atoms with Crippen molar-refractivity contribution in [3.8, 4) is 0 Å². The van der Waals surface area contributed by atoms with Crippen LogP contribution < -0.4 is 0 Å². The number of rotatable bonds is 3. The smallest absolute Gasteiger partial charge is 0.0704 e. The first-order valence-electron chi connectivity index (χ1n) is 4.96. The minimum Gasteiger partial charge on any atom is -0.396 e. The molecule has 0 aliphatic carbocycles. The Morgan fingerprint density at radius 1 is 1.38 bits per heavy atom. The van der Waals surface area contributed by atoms with E-state index in [0.29, 0.717) is 5.92 Å². The van der Waals surface area contributed by atoms with Crippen LogP contribution in [0.25, 0.3) is 0 Å². The van der Waals surface area contributed by atoms with Gasteiger partial charge in [-0.2, -0.15) is 0 Å². The Hall–Kier alpha value is -0.120. The molecule has 0 radical (unpaired) electrons. The predicted molar refractivity (Wildman–Crippen MR) is 52.5 cm³/mol. The first-order valence-corrected chi connectivity index (χ1v) is 4.96. The van der Waals surface area contributed by atoms with Crippen LogP contribution in [0, 0.1) is 11.3 Å². The number of nitrogens with zero attached hydrogens (tertiary/aromatic N) is 1. The molecule has 2 unspecified atom stereocenters. The zero-order valence-electron chi connectivity index (χ0n) is 8.82. The maximum absolute atomic E-state index is 9.53. The molecular formula is C10H21NO2. The fourth-order valence-corrected chi connectivity index (χ4v) is 1.83. The molecule has 0 saturated carbocycles. The molecule has 2 N–H and O–H groups in total. The van der Waals surface area contributed by atoms with Crippen LogP contribution in [-0.2, 0) is 0 Å². The van der Waals surface area contributed by atoms with E-state index in [1.54, 1.807) is 0 Å². The minimum atomic E-state index is -0.186. The first kappa shape index (κ1) is 11.0. The van der Waals surface area contributed by atoms with E-state index in [1.807, 2.05) is 13.8 Å². The number of hydrogen-bond donors (Lipinski definition) is 2. The lowest BCUT2D eigenvalue weighted by molar-refractivity contribution is 0.103. The highest BCUT2D eigenvalue weighted by Gasteiger charge is 2.31. The van der Waals surface area contributed by atoms with Crippen molar-refractivity contribution in [2.75, 3.05) is 26.2 Å². The van der Waals surface area contributed by atoms with Gasteiger partial charge in [0.25, 0.3) is 0 Å². The average molecular weight is 187 g/mol. The summed E-state index contributed by atoms with van der Waals surface area (Å²) in [6.07, 6.45) is -0.186. The topological polar surface area (TPSA) is 43.7 Å². The molecule has 1 aliphatic heterocycles. The van der Waals surface area contributed by atoms with Crippen LogP contribution in [0.4, 0.5) is 0 Å². The number of aliphatic hydroxyl groups is 2. The summed E-state index contributed by atoms with van der Waals surface area (Å²) < 4.78 is 0. The van der Waals surface area contributed by atoms with E-state index in [0.717, 1.165) is 19.6 Å². The molecule has 0 aromatic rings. The van der Waals surface area contributed by atoms with Crippen molar-refractivity contribution in [2.24, 2.45) is 11.3 Å². The highest BCUT2D eigenvalue weighted by atomic mass is 16.3. The van der Waals surface area contributed by atoms with Crippen LogP contribution in [0.15, 0.2) is 0 Å². The Balaban J connectivity index is 2.40. The second-order valence-corrected chi connectivity index (χ2v) is 5.06. The maximum atomic E-state index is 9.53. The van der Waals surface area contributed by atoms with Gasteiger partial charge in [0.15, 0.2) is 0 Å². The third-order valence-corrected chi connectivity index (χ3v) is 2.73. The molecule has 0 bridgehead atoms. The summed E-state index contributed by atoms with van der Waals surface area (Å²) in [7, 11) is 0. The molecule has 1 fully saturated rings. The predicted octanol–water partition coefficient (Wildman–Crippen LogP) is 0.317. The van der Waals surface area contributed by atoms with Crippen molar-refractivity contribution in [1.29, 1.82) is 0 Å². The Morgan fingerprint density at radius 2 is 2.00 bits per heavy atom. The molecule has 0 spiro atoms. The van der Waals surface area contributed by atoms with Crippen molar-refractivity contribution in [3.63, 3.8) is 0 Å². The normalized spacial score (nSPS) is 31.2. The quantitative estimate of drug-likeness (QED) is 0.668. The molecule has 78 valence electrons. The Labute approximate surface area is 80.4 Å². The first-order chi connectivity index (χ1) is 5.94. The van der Waals surface area contributed by atoms with Crippen molar-refractivity contribution in [1.82, 2.24) is 4.90 Å². The lowest BCUT2D eigenvalue weighted by Gasteiger charge is -2.27. The van der Waals surface area contributed by atoms with Gasteiger partial charge in [-0.25, -0.2) is 0 Å². The number of β-amino-alcohol motifs (C(OH)–C–C–N with tert-alkyl or cyclic N) is 1. The molecule has 1 heterocycles. The Bertz CT molecular complexity index is 160. The molecule has 0 aromatic heterocycles. The Morgan fingerprint density at radius 3 is 2.38 bits per heavy atom. The van der Waals surface area contributed by atoms with E-state index in [4.69, 9.17) is 5.11 Å². The third-order valence-electron chi connectivity index (χ3n) is 2.73. The van der Waals surface area contributed by atoms with Crippen LogP contribution in [0.3, 0.4) is 0 Å². The highest BCUT2D eigenvalue weighted by Crippen LogP contribution is 2.22. The lowest BCUT2D eigenvalue weighted by atomic mass is 9.94. The van der Waals surface area contributed by atoms with E-state index >= 15 is 0 Å². The molecule has 2 atom stereocenters. The standard InChI is InChI=1S/C10H21NO2/c1-8-4-11(5-9(8)13)6-10(2,3)7-12/h8-9,12-13H,4-7H2,1-3H3. The van der Waals surface area contributed by atoms with Gasteiger partial charge < -0.3 is 10.2 Å². The van der Waals surface area contributed by atoms with Crippen LogP contribution in [0.2, 0.25) is 0 Å². The average Bonchev–Trinajstić information content (AvgIpc) is 2.30. The largest absolute Gasteiger partial charge is 0.396 e.